The summed E-state index contributed by atoms with van der Waals surface area (Å²) in [7, 11) is 0. The number of aromatic nitrogens is 3. The van der Waals surface area contributed by atoms with E-state index in [0.717, 1.165) is 52.3 Å². The summed E-state index contributed by atoms with van der Waals surface area (Å²) in [5.74, 6) is 1.92. The minimum atomic E-state index is 0.793. The van der Waals surface area contributed by atoms with Crippen molar-refractivity contribution < 1.29 is 0 Å². The third kappa shape index (κ3) is 2.88. The summed E-state index contributed by atoms with van der Waals surface area (Å²) < 4.78 is 0. The molecule has 0 unspecified atom stereocenters. The molecule has 4 rings (SSSR count). The molecule has 1 saturated heterocycles. The van der Waals surface area contributed by atoms with Crippen LogP contribution in [-0.4, -0.2) is 39.5 Å². The van der Waals surface area contributed by atoms with Gasteiger partial charge in [0.15, 0.2) is 5.82 Å². The first-order valence-electron chi connectivity index (χ1n) is 8.45. The zero-order valence-electron chi connectivity index (χ0n) is 14.1. The van der Waals surface area contributed by atoms with Crippen LogP contribution in [0.15, 0.2) is 36.4 Å². The first-order chi connectivity index (χ1) is 11.7. The molecule has 0 amide bonds. The summed E-state index contributed by atoms with van der Waals surface area (Å²) in [4.78, 5) is 15.5. The van der Waals surface area contributed by atoms with Gasteiger partial charge in [0, 0.05) is 18.3 Å². The molecule has 4 nitrogen and oxygen atoms in total. The average molecular weight is 338 g/mol. The van der Waals surface area contributed by atoms with Gasteiger partial charge in [0.25, 0.3) is 0 Å². The molecule has 0 saturated carbocycles. The Morgan fingerprint density at radius 1 is 1.08 bits per heavy atom. The minimum absolute atomic E-state index is 0.793. The number of para-hydroxylation sites is 2. The Morgan fingerprint density at radius 2 is 1.88 bits per heavy atom. The molecule has 0 aliphatic carbocycles. The molecule has 24 heavy (non-hydrogen) atoms. The van der Waals surface area contributed by atoms with Gasteiger partial charge in [-0.25, -0.2) is 9.97 Å². The van der Waals surface area contributed by atoms with Crippen LogP contribution in [0.4, 0.5) is 5.82 Å². The molecule has 0 spiro atoms. The van der Waals surface area contributed by atoms with Gasteiger partial charge in [-0.2, -0.15) is 11.8 Å². The van der Waals surface area contributed by atoms with Crippen molar-refractivity contribution in [2.75, 3.05) is 24.2 Å². The number of piperidine rings is 1. The molecule has 5 heteroatoms. The van der Waals surface area contributed by atoms with Gasteiger partial charge in [-0.05, 0) is 49.8 Å². The van der Waals surface area contributed by atoms with Crippen LogP contribution < -0.4 is 4.90 Å². The molecule has 1 fully saturated rings. The van der Waals surface area contributed by atoms with Crippen LogP contribution in [0, 0.1) is 6.92 Å². The molecule has 1 aromatic carbocycles. The molecule has 1 aliphatic heterocycles. The fourth-order valence-corrected chi connectivity index (χ4v) is 4.00. The third-order valence-electron chi connectivity index (χ3n) is 4.80. The normalized spacial score (nSPS) is 16.0. The van der Waals surface area contributed by atoms with E-state index in [4.69, 9.17) is 9.97 Å². The highest BCUT2D eigenvalue weighted by Gasteiger charge is 2.20. The molecule has 0 bridgehead atoms. The van der Waals surface area contributed by atoms with E-state index in [9.17, 15) is 0 Å². The quantitative estimate of drug-likeness (QED) is 0.775. The van der Waals surface area contributed by atoms with E-state index < -0.39 is 0 Å². The van der Waals surface area contributed by atoms with Crippen molar-refractivity contribution in [1.29, 1.82) is 0 Å². The average Bonchev–Trinajstić information content (AvgIpc) is 3.06. The maximum atomic E-state index is 4.94. The molecule has 0 atom stereocenters. The number of hydrogen-bond donors (Lipinski definition) is 1. The van der Waals surface area contributed by atoms with Crippen molar-refractivity contribution in [3.63, 3.8) is 0 Å². The van der Waals surface area contributed by atoms with Gasteiger partial charge in [0.2, 0.25) is 0 Å². The van der Waals surface area contributed by atoms with E-state index in [-0.39, 0.29) is 0 Å². The Kier molecular flexibility index (Phi) is 4.19. The first-order valence-corrected chi connectivity index (χ1v) is 9.74. The van der Waals surface area contributed by atoms with E-state index in [1.165, 1.54) is 12.8 Å². The molecule has 3 aromatic rings. The topological polar surface area (TPSA) is 44.8 Å². The Hall–Kier alpha value is -2.01. The van der Waals surface area contributed by atoms with Crippen LogP contribution in [-0.2, 0) is 0 Å². The Morgan fingerprint density at radius 3 is 2.62 bits per heavy atom. The van der Waals surface area contributed by atoms with Crippen LogP contribution in [0.5, 0.6) is 0 Å². The van der Waals surface area contributed by atoms with Gasteiger partial charge in [0.05, 0.1) is 11.0 Å². The SMILES string of the molecule is CSC1CCN(c2ccc(C)c(-c3nc4ccccc4[nH]3)n2)CC1. The predicted octanol–water partition coefficient (Wildman–Crippen LogP) is 4.27. The van der Waals surface area contributed by atoms with Crippen LogP contribution in [0.3, 0.4) is 0 Å². The third-order valence-corrected chi connectivity index (χ3v) is 5.93. The largest absolute Gasteiger partial charge is 0.357 e. The second-order valence-electron chi connectivity index (χ2n) is 6.36. The molecule has 0 radical (unpaired) electrons. The van der Waals surface area contributed by atoms with E-state index in [2.05, 4.69) is 41.3 Å². The fourth-order valence-electron chi connectivity index (χ4n) is 3.32. The summed E-state index contributed by atoms with van der Waals surface area (Å²) in [5, 5.41) is 0.793. The van der Waals surface area contributed by atoms with Gasteiger partial charge in [-0.1, -0.05) is 18.2 Å². The summed E-state index contributed by atoms with van der Waals surface area (Å²) in [5.41, 5.74) is 4.15. The number of nitrogens with zero attached hydrogens (tertiary/aromatic N) is 3. The van der Waals surface area contributed by atoms with Gasteiger partial charge in [-0.3, -0.25) is 0 Å². The second kappa shape index (κ2) is 6.48. The van der Waals surface area contributed by atoms with Gasteiger partial charge in [-0.15, -0.1) is 0 Å². The number of H-pyrrole nitrogens is 1. The number of aromatic amines is 1. The summed E-state index contributed by atoms with van der Waals surface area (Å²) in [6, 6.07) is 12.4. The number of nitrogens with one attached hydrogen (secondary N) is 1. The highest BCUT2D eigenvalue weighted by molar-refractivity contribution is 7.99. The van der Waals surface area contributed by atoms with Crippen molar-refractivity contribution >= 4 is 28.6 Å². The number of anilines is 1. The lowest BCUT2D eigenvalue weighted by molar-refractivity contribution is 0.587. The maximum Gasteiger partial charge on any atom is 0.157 e. The number of benzene rings is 1. The zero-order valence-corrected chi connectivity index (χ0v) is 14.9. The van der Waals surface area contributed by atoms with E-state index in [1.807, 2.05) is 30.0 Å². The number of thioether (sulfide) groups is 1. The molecule has 3 heterocycles. The van der Waals surface area contributed by atoms with E-state index in [0.29, 0.717) is 0 Å². The monoisotopic (exact) mass is 338 g/mol. The van der Waals surface area contributed by atoms with Crippen molar-refractivity contribution in [2.24, 2.45) is 0 Å². The predicted molar refractivity (Wildman–Crippen MR) is 103 cm³/mol. The van der Waals surface area contributed by atoms with Crippen molar-refractivity contribution in [1.82, 2.24) is 15.0 Å². The Bertz CT molecular complexity index is 816. The minimum Gasteiger partial charge on any atom is -0.357 e. The molecular formula is C19H22N4S. The van der Waals surface area contributed by atoms with Gasteiger partial charge < -0.3 is 9.88 Å². The molecule has 1 N–H and O–H groups in total. The standard InChI is InChI=1S/C19H22N4S/c1-13-7-8-17(23-11-9-14(24-2)10-12-23)22-18(13)19-20-15-5-3-4-6-16(15)21-19/h3-8,14H,9-12H2,1-2H3,(H,20,21). The number of pyridine rings is 1. The Labute approximate surface area is 146 Å². The van der Waals surface area contributed by atoms with Crippen molar-refractivity contribution in [3.05, 3.63) is 42.0 Å². The first kappa shape index (κ1) is 15.5. The maximum absolute atomic E-state index is 4.94. The van der Waals surface area contributed by atoms with Gasteiger partial charge >= 0.3 is 0 Å². The van der Waals surface area contributed by atoms with Gasteiger partial charge in [0.1, 0.15) is 11.5 Å². The number of aryl methyl sites for hydroxylation is 1. The summed E-state index contributed by atoms with van der Waals surface area (Å²) in [6.07, 6.45) is 4.68. The van der Waals surface area contributed by atoms with Crippen LogP contribution in [0.1, 0.15) is 18.4 Å². The number of rotatable bonds is 3. The smallest absolute Gasteiger partial charge is 0.157 e. The summed E-state index contributed by atoms with van der Waals surface area (Å²) in [6.45, 7) is 4.27. The van der Waals surface area contributed by atoms with Crippen LogP contribution in [0.2, 0.25) is 0 Å². The van der Waals surface area contributed by atoms with Crippen molar-refractivity contribution in [2.45, 2.75) is 25.0 Å². The fraction of sp³-hybridized carbons (Fsp3) is 0.368. The highest BCUT2D eigenvalue weighted by atomic mass is 32.2. The lowest BCUT2D eigenvalue weighted by atomic mass is 10.1. The van der Waals surface area contributed by atoms with Crippen LogP contribution in [0.25, 0.3) is 22.6 Å². The number of fused-ring (bicyclic) bond motifs is 1. The van der Waals surface area contributed by atoms with Crippen molar-refractivity contribution in [3.8, 4) is 11.5 Å². The number of imidazole rings is 1. The van der Waals surface area contributed by atoms with E-state index in [1.54, 1.807) is 0 Å². The highest BCUT2D eigenvalue weighted by Crippen LogP contribution is 2.28. The summed E-state index contributed by atoms with van der Waals surface area (Å²) >= 11 is 1.99. The molecule has 1 aliphatic rings. The lowest BCUT2D eigenvalue weighted by Gasteiger charge is -2.32. The zero-order chi connectivity index (χ0) is 16.5. The van der Waals surface area contributed by atoms with E-state index >= 15 is 0 Å². The Balaban J connectivity index is 1.66. The molecular weight excluding hydrogens is 316 g/mol. The lowest BCUT2D eigenvalue weighted by Crippen LogP contribution is -2.35. The van der Waals surface area contributed by atoms with Crippen LogP contribution >= 0.6 is 11.8 Å². The number of hydrogen-bond acceptors (Lipinski definition) is 4. The second-order valence-corrected chi connectivity index (χ2v) is 7.50. The molecule has 124 valence electrons. The molecule has 2 aromatic heterocycles.